The molecule has 0 saturated heterocycles. The van der Waals surface area contributed by atoms with Gasteiger partial charge in [0.1, 0.15) is 6.07 Å². The molecule has 0 spiro atoms. The molecule has 0 aromatic heterocycles. The van der Waals surface area contributed by atoms with Crippen LogP contribution < -0.4 is 5.32 Å². The van der Waals surface area contributed by atoms with Crippen molar-refractivity contribution < 1.29 is 4.92 Å². The van der Waals surface area contributed by atoms with Crippen LogP contribution in [0.3, 0.4) is 0 Å². The number of anilines is 1. The van der Waals surface area contributed by atoms with Gasteiger partial charge in [-0.1, -0.05) is 31.2 Å². The maximum atomic E-state index is 10.7. The molecule has 0 aliphatic rings. The summed E-state index contributed by atoms with van der Waals surface area (Å²) in [6.07, 6.45) is 0.934. The quantitative estimate of drug-likeness (QED) is 0.670. The fourth-order valence-corrected chi connectivity index (χ4v) is 2.16. The molecule has 0 unspecified atom stereocenters. The molecule has 0 amide bonds. The first-order valence-corrected chi connectivity index (χ1v) is 6.65. The second-order valence-electron chi connectivity index (χ2n) is 4.57. The van der Waals surface area contributed by atoms with E-state index in [4.69, 9.17) is 5.26 Å². The highest BCUT2D eigenvalue weighted by molar-refractivity contribution is 5.61. The van der Waals surface area contributed by atoms with E-state index in [1.165, 1.54) is 17.7 Å². The number of nitrogens with zero attached hydrogens (tertiary/aromatic N) is 2. The van der Waals surface area contributed by atoms with Crippen molar-refractivity contribution in [1.82, 2.24) is 0 Å². The van der Waals surface area contributed by atoms with E-state index in [1.807, 2.05) is 24.3 Å². The van der Waals surface area contributed by atoms with Crippen molar-refractivity contribution in [3.8, 4) is 6.07 Å². The Morgan fingerprint density at radius 1 is 1.24 bits per heavy atom. The number of hydrogen-bond donors (Lipinski definition) is 1. The SMILES string of the molecule is CCc1ccccc1CNc1ccc([N+](=O)[O-])cc1C#N. The van der Waals surface area contributed by atoms with Crippen LogP contribution in [0.5, 0.6) is 0 Å². The Balaban J connectivity index is 2.20. The molecule has 5 heteroatoms. The highest BCUT2D eigenvalue weighted by Gasteiger charge is 2.10. The van der Waals surface area contributed by atoms with Gasteiger partial charge in [0.15, 0.2) is 0 Å². The fraction of sp³-hybridized carbons (Fsp3) is 0.188. The standard InChI is InChI=1S/C16H15N3O2/c1-2-12-5-3-4-6-13(12)11-18-16-8-7-15(19(20)21)9-14(16)10-17/h3-9,18H,2,11H2,1H3. The van der Waals surface area contributed by atoms with E-state index < -0.39 is 4.92 Å². The van der Waals surface area contributed by atoms with Crippen molar-refractivity contribution in [2.45, 2.75) is 19.9 Å². The summed E-state index contributed by atoms with van der Waals surface area (Å²) in [7, 11) is 0. The number of rotatable bonds is 5. The molecule has 0 bridgehead atoms. The summed E-state index contributed by atoms with van der Waals surface area (Å²) in [6, 6.07) is 14.3. The number of aryl methyl sites for hydroxylation is 1. The Hall–Kier alpha value is -2.87. The Labute approximate surface area is 123 Å². The van der Waals surface area contributed by atoms with Crippen molar-refractivity contribution in [2.75, 3.05) is 5.32 Å². The number of nitrogens with one attached hydrogen (secondary N) is 1. The summed E-state index contributed by atoms with van der Waals surface area (Å²) in [4.78, 5) is 10.2. The molecule has 1 N–H and O–H groups in total. The number of hydrogen-bond acceptors (Lipinski definition) is 4. The highest BCUT2D eigenvalue weighted by atomic mass is 16.6. The summed E-state index contributed by atoms with van der Waals surface area (Å²) < 4.78 is 0. The van der Waals surface area contributed by atoms with Gasteiger partial charge in [0.25, 0.3) is 5.69 Å². The van der Waals surface area contributed by atoms with E-state index in [9.17, 15) is 10.1 Å². The average Bonchev–Trinajstić information content (AvgIpc) is 2.52. The van der Waals surface area contributed by atoms with Crippen LogP contribution in [0, 0.1) is 21.4 Å². The van der Waals surface area contributed by atoms with Gasteiger partial charge in [-0.3, -0.25) is 10.1 Å². The van der Waals surface area contributed by atoms with Crippen LogP contribution in [-0.4, -0.2) is 4.92 Å². The molecule has 0 heterocycles. The predicted molar refractivity (Wildman–Crippen MR) is 81.0 cm³/mol. The number of nitro benzene ring substituents is 1. The zero-order chi connectivity index (χ0) is 15.2. The predicted octanol–water partition coefficient (Wildman–Crippen LogP) is 3.64. The summed E-state index contributed by atoms with van der Waals surface area (Å²) in [5.41, 5.74) is 3.20. The molecule has 0 radical (unpaired) electrons. The maximum absolute atomic E-state index is 10.7. The largest absolute Gasteiger partial charge is 0.380 e. The molecule has 2 aromatic rings. The first-order chi connectivity index (χ1) is 10.2. The summed E-state index contributed by atoms with van der Waals surface area (Å²) in [6.45, 7) is 2.67. The lowest BCUT2D eigenvalue weighted by molar-refractivity contribution is -0.384. The van der Waals surface area contributed by atoms with Gasteiger partial charge in [-0.2, -0.15) is 5.26 Å². The summed E-state index contributed by atoms with van der Waals surface area (Å²) in [5.74, 6) is 0. The smallest absolute Gasteiger partial charge is 0.270 e. The molecule has 5 nitrogen and oxygen atoms in total. The van der Waals surface area contributed by atoms with Crippen molar-refractivity contribution in [1.29, 1.82) is 5.26 Å². The van der Waals surface area contributed by atoms with Gasteiger partial charge in [0.2, 0.25) is 0 Å². The highest BCUT2D eigenvalue weighted by Crippen LogP contribution is 2.22. The number of benzene rings is 2. The number of nitriles is 1. The van der Waals surface area contributed by atoms with E-state index in [-0.39, 0.29) is 11.3 Å². The topological polar surface area (TPSA) is 79.0 Å². The first-order valence-electron chi connectivity index (χ1n) is 6.65. The van der Waals surface area contributed by atoms with E-state index in [0.29, 0.717) is 12.2 Å². The van der Waals surface area contributed by atoms with Gasteiger partial charge in [-0.15, -0.1) is 0 Å². The fourth-order valence-electron chi connectivity index (χ4n) is 2.16. The number of nitro groups is 1. The molecule has 0 fully saturated rings. The molecule has 0 aliphatic carbocycles. The van der Waals surface area contributed by atoms with Crippen molar-refractivity contribution in [3.63, 3.8) is 0 Å². The molecule has 106 valence electrons. The molecule has 2 aromatic carbocycles. The van der Waals surface area contributed by atoms with Crippen LogP contribution in [0.1, 0.15) is 23.6 Å². The van der Waals surface area contributed by atoms with Crippen LogP contribution in [0.15, 0.2) is 42.5 Å². The lowest BCUT2D eigenvalue weighted by atomic mass is 10.1. The van der Waals surface area contributed by atoms with E-state index in [1.54, 1.807) is 6.07 Å². The van der Waals surface area contributed by atoms with Crippen molar-refractivity contribution >= 4 is 11.4 Å². The molecular formula is C16H15N3O2. The van der Waals surface area contributed by atoms with Crippen LogP contribution in [-0.2, 0) is 13.0 Å². The van der Waals surface area contributed by atoms with E-state index in [2.05, 4.69) is 18.3 Å². The van der Waals surface area contributed by atoms with Crippen LogP contribution in [0.2, 0.25) is 0 Å². The van der Waals surface area contributed by atoms with Gasteiger partial charge in [-0.25, -0.2) is 0 Å². The minimum atomic E-state index is -0.503. The van der Waals surface area contributed by atoms with Gasteiger partial charge in [0, 0.05) is 18.7 Å². The third kappa shape index (κ3) is 3.37. The van der Waals surface area contributed by atoms with Crippen LogP contribution in [0.25, 0.3) is 0 Å². The third-order valence-corrected chi connectivity index (χ3v) is 3.30. The Morgan fingerprint density at radius 3 is 2.57 bits per heavy atom. The Morgan fingerprint density at radius 2 is 1.95 bits per heavy atom. The van der Waals surface area contributed by atoms with Crippen molar-refractivity contribution in [2.24, 2.45) is 0 Å². The Kier molecular flexibility index (Phi) is 4.52. The monoisotopic (exact) mass is 281 g/mol. The van der Waals surface area contributed by atoms with Gasteiger partial charge < -0.3 is 5.32 Å². The Bertz CT molecular complexity index is 705. The molecule has 0 atom stereocenters. The summed E-state index contributed by atoms with van der Waals surface area (Å²) >= 11 is 0. The van der Waals surface area contributed by atoms with Crippen LogP contribution in [0.4, 0.5) is 11.4 Å². The molecule has 0 saturated carbocycles. The normalized spacial score (nSPS) is 9.90. The zero-order valence-electron chi connectivity index (χ0n) is 11.7. The lowest BCUT2D eigenvalue weighted by Crippen LogP contribution is -2.04. The second kappa shape index (κ2) is 6.53. The third-order valence-electron chi connectivity index (χ3n) is 3.30. The zero-order valence-corrected chi connectivity index (χ0v) is 11.7. The minimum absolute atomic E-state index is 0.0777. The molecular weight excluding hydrogens is 266 g/mol. The first kappa shape index (κ1) is 14.5. The van der Waals surface area contributed by atoms with Crippen molar-refractivity contribution in [3.05, 3.63) is 69.3 Å². The lowest BCUT2D eigenvalue weighted by Gasteiger charge is -2.11. The molecule has 21 heavy (non-hydrogen) atoms. The van der Waals surface area contributed by atoms with Gasteiger partial charge in [0.05, 0.1) is 16.2 Å². The van der Waals surface area contributed by atoms with Gasteiger partial charge >= 0.3 is 0 Å². The maximum Gasteiger partial charge on any atom is 0.270 e. The summed E-state index contributed by atoms with van der Waals surface area (Å²) in [5, 5.41) is 23.0. The van der Waals surface area contributed by atoms with E-state index in [0.717, 1.165) is 12.0 Å². The van der Waals surface area contributed by atoms with Gasteiger partial charge in [-0.05, 0) is 23.6 Å². The average molecular weight is 281 g/mol. The van der Waals surface area contributed by atoms with E-state index >= 15 is 0 Å². The molecule has 2 rings (SSSR count). The second-order valence-corrected chi connectivity index (χ2v) is 4.57. The van der Waals surface area contributed by atoms with Crippen LogP contribution >= 0.6 is 0 Å². The number of non-ortho nitro benzene ring substituents is 1. The minimum Gasteiger partial charge on any atom is -0.380 e. The molecule has 0 aliphatic heterocycles.